The van der Waals surface area contributed by atoms with E-state index in [-0.39, 0.29) is 6.09 Å². The van der Waals surface area contributed by atoms with Gasteiger partial charge in [-0.25, -0.2) is 4.79 Å². The molecule has 1 aromatic carbocycles. The van der Waals surface area contributed by atoms with Crippen molar-refractivity contribution in [2.45, 2.75) is 6.54 Å². The van der Waals surface area contributed by atoms with E-state index in [9.17, 15) is 4.79 Å². The molecule has 6 heteroatoms. The summed E-state index contributed by atoms with van der Waals surface area (Å²) in [6.07, 6.45) is 3.23. The highest BCUT2D eigenvalue weighted by atomic mass is 16.6. The topological polar surface area (TPSA) is 58.6 Å². The minimum absolute atomic E-state index is 0.308. The second kappa shape index (κ2) is 7.49. The highest BCUT2D eigenvalue weighted by Gasteiger charge is 2.22. The van der Waals surface area contributed by atoms with Crippen molar-refractivity contribution < 1.29 is 9.53 Å². The molecule has 0 bridgehead atoms. The molecule has 0 spiro atoms. The normalized spacial score (nSPS) is 15.2. The number of fused-ring (bicyclic) bond motifs is 1. The summed E-state index contributed by atoms with van der Waals surface area (Å²) in [5.74, 6) is 0.525. The molecule has 0 radical (unpaired) electrons. The number of hydrogen-bond acceptors (Lipinski definition) is 5. The number of aromatic nitrogens is 2. The number of pyridine rings is 2. The summed E-state index contributed by atoms with van der Waals surface area (Å²) in [5.41, 5.74) is 1.87. The lowest BCUT2D eigenvalue weighted by Gasteiger charge is -2.33. The van der Waals surface area contributed by atoms with Gasteiger partial charge >= 0.3 is 6.09 Å². The number of rotatable bonds is 3. The Morgan fingerprint density at radius 3 is 2.62 bits per heavy atom. The molecule has 1 aliphatic rings. The van der Waals surface area contributed by atoms with Crippen LogP contribution in [0.1, 0.15) is 5.69 Å². The largest absolute Gasteiger partial charge is 0.415 e. The summed E-state index contributed by atoms with van der Waals surface area (Å²) in [6.45, 7) is 3.73. The highest BCUT2D eigenvalue weighted by molar-refractivity contribution is 5.81. The van der Waals surface area contributed by atoms with Crippen molar-refractivity contribution in [1.29, 1.82) is 0 Å². The zero-order valence-electron chi connectivity index (χ0n) is 14.4. The molecule has 0 saturated carbocycles. The Hall–Kier alpha value is -2.99. The molecule has 0 unspecified atom stereocenters. The average molecular weight is 348 g/mol. The first-order chi connectivity index (χ1) is 12.8. The van der Waals surface area contributed by atoms with E-state index >= 15 is 0 Å². The van der Waals surface area contributed by atoms with E-state index in [1.165, 1.54) is 0 Å². The Bertz CT molecular complexity index is 892. The molecule has 3 aromatic rings. The molecular formula is C20H20N4O2. The van der Waals surface area contributed by atoms with Crippen molar-refractivity contribution >= 4 is 17.0 Å². The van der Waals surface area contributed by atoms with Gasteiger partial charge in [-0.05, 0) is 30.3 Å². The van der Waals surface area contributed by atoms with Gasteiger partial charge in [-0.1, -0.05) is 12.1 Å². The Balaban J connectivity index is 1.33. The van der Waals surface area contributed by atoms with Crippen molar-refractivity contribution in [3.8, 4) is 5.75 Å². The number of piperazine rings is 1. The van der Waals surface area contributed by atoms with Crippen LogP contribution in [0, 0.1) is 0 Å². The summed E-state index contributed by atoms with van der Waals surface area (Å²) in [5, 5.41) is 1.02. The van der Waals surface area contributed by atoms with Crippen LogP contribution < -0.4 is 4.74 Å². The minimum Gasteiger partial charge on any atom is -0.410 e. The van der Waals surface area contributed by atoms with Crippen LogP contribution in [0.5, 0.6) is 5.75 Å². The lowest BCUT2D eigenvalue weighted by atomic mass is 10.2. The maximum Gasteiger partial charge on any atom is 0.415 e. The molecule has 0 N–H and O–H groups in total. The summed E-state index contributed by atoms with van der Waals surface area (Å²) in [7, 11) is 0. The third-order valence-electron chi connectivity index (χ3n) is 4.52. The van der Waals surface area contributed by atoms with Gasteiger partial charge in [0.05, 0.1) is 11.2 Å². The zero-order chi connectivity index (χ0) is 17.8. The van der Waals surface area contributed by atoms with E-state index in [1.807, 2.05) is 36.4 Å². The van der Waals surface area contributed by atoms with Crippen molar-refractivity contribution in [2.24, 2.45) is 0 Å². The zero-order valence-corrected chi connectivity index (χ0v) is 14.4. The molecule has 0 atom stereocenters. The lowest BCUT2D eigenvalue weighted by molar-refractivity contribution is 0.107. The molecule has 3 heterocycles. The number of nitrogens with zero attached hydrogens (tertiary/aromatic N) is 4. The van der Waals surface area contributed by atoms with Gasteiger partial charge in [0.1, 0.15) is 5.75 Å². The molecule has 1 saturated heterocycles. The van der Waals surface area contributed by atoms with Crippen molar-refractivity contribution in [3.05, 3.63) is 66.6 Å². The number of ether oxygens (including phenoxy) is 1. The number of hydrogen-bond donors (Lipinski definition) is 0. The fourth-order valence-corrected chi connectivity index (χ4v) is 3.08. The SMILES string of the molecule is O=C(Oc1ccc2cccnc2c1)N1CCN(Cc2ccccn2)CC1. The van der Waals surface area contributed by atoms with Crippen LogP contribution in [-0.2, 0) is 6.54 Å². The Labute approximate surface area is 152 Å². The first-order valence-electron chi connectivity index (χ1n) is 8.72. The van der Waals surface area contributed by atoms with E-state index < -0.39 is 0 Å². The summed E-state index contributed by atoms with van der Waals surface area (Å²) in [6, 6.07) is 15.3. The number of carbonyl (C=O) groups excluding carboxylic acids is 1. The quantitative estimate of drug-likeness (QED) is 0.728. The first kappa shape index (κ1) is 16.5. The van der Waals surface area contributed by atoms with Crippen LogP contribution in [-0.4, -0.2) is 52.0 Å². The van der Waals surface area contributed by atoms with Crippen LogP contribution >= 0.6 is 0 Å². The van der Waals surface area contributed by atoms with Crippen LogP contribution in [0.3, 0.4) is 0 Å². The van der Waals surface area contributed by atoms with Crippen LogP contribution in [0.2, 0.25) is 0 Å². The fraction of sp³-hybridized carbons (Fsp3) is 0.250. The van der Waals surface area contributed by atoms with Gasteiger partial charge in [-0.2, -0.15) is 0 Å². The highest BCUT2D eigenvalue weighted by Crippen LogP contribution is 2.19. The average Bonchev–Trinajstić information content (AvgIpc) is 2.69. The van der Waals surface area contributed by atoms with E-state index in [0.29, 0.717) is 18.8 Å². The fourth-order valence-electron chi connectivity index (χ4n) is 3.08. The number of amides is 1. The Morgan fingerprint density at radius 2 is 1.81 bits per heavy atom. The van der Waals surface area contributed by atoms with Gasteiger partial charge in [-0.15, -0.1) is 0 Å². The molecule has 1 amide bonds. The standard InChI is InChI=1S/C20H20N4O2/c25-20(26-18-7-6-16-4-3-9-22-19(16)14-18)24-12-10-23(11-13-24)15-17-5-1-2-8-21-17/h1-9,14H,10-13,15H2. The summed E-state index contributed by atoms with van der Waals surface area (Å²) >= 11 is 0. The summed E-state index contributed by atoms with van der Waals surface area (Å²) < 4.78 is 5.53. The Kier molecular flexibility index (Phi) is 4.75. The monoisotopic (exact) mass is 348 g/mol. The molecule has 0 aliphatic carbocycles. The molecule has 1 aliphatic heterocycles. The lowest BCUT2D eigenvalue weighted by Crippen LogP contribution is -2.49. The second-order valence-electron chi connectivity index (χ2n) is 6.31. The predicted molar refractivity (Wildman–Crippen MR) is 98.9 cm³/mol. The van der Waals surface area contributed by atoms with E-state index in [2.05, 4.69) is 14.9 Å². The van der Waals surface area contributed by atoms with Gasteiger partial charge in [0, 0.05) is 56.6 Å². The maximum absolute atomic E-state index is 12.4. The Morgan fingerprint density at radius 1 is 0.962 bits per heavy atom. The van der Waals surface area contributed by atoms with Gasteiger partial charge in [0.25, 0.3) is 0 Å². The molecule has 2 aromatic heterocycles. The minimum atomic E-state index is -0.308. The predicted octanol–water partition coefficient (Wildman–Crippen LogP) is 2.95. The third kappa shape index (κ3) is 3.81. The third-order valence-corrected chi connectivity index (χ3v) is 4.52. The molecule has 6 nitrogen and oxygen atoms in total. The molecule has 1 fully saturated rings. The van der Waals surface area contributed by atoms with E-state index in [1.54, 1.807) is 29.4 Å². The molecular weight excluding hydrogens is 328 g/mol. The van der Waals surface area contributed by atoms with Crippen molar-refractivity contribution in [2.75, 3.05) is 26.2 Å². The maximum atomic E-state index is 12.4. The van der Waals surface area contributed by atoms with Gasteiger partial charge < -0.3 is 9.64 Å². The molecule has 132 valence electrons. The smallest absolute Gasteiger partial charge is 0.410 e. The molecule has 26 heavy (non-hydrogen) atoms. The second-order valence-corrected chi connectivity index (χ2v) is 6.31. The molecule has 4 rings (SSSR count). The van der Waals surface area contributed by atoms with Crippen molar-refractivity contribution in [3.63, 3.8) is 0 Å². The van der Waals surface area contributed by atoms with Gasteiger partial charge in [0.15, 0.2) is 0 Å². The number of carbonyl (C=O) groups is 1. The van der Waals surface area contributed by atoms with Crippen LogP contribution in [0.15, 0.2) is 60.9 Å². The van der Waals surface area contributed by atoms with E-state index in [4.69, 9.17) is 4.74 Å². The van der Waals surface area contributed by atoms with Crippen LogP contribution in [0.25, 0.3) is 10.9 Å². The van der Waals surface area contributed by atoms with Gasteiger partial charge in [-0.3, -0.25) is 14.9 Å². The van der Waals surface area contributed by atoms with Crippen molar-refractivity contribution in [1.82, 2.24) is 19.8 Å². The van der Waals surface area contributed by atoms with Gasteiger partial charge in [0.2, 0.25) is 0 Å². The van der Waals surface area contributed by atoms with E-state index in [0.717, 1.165) is 36.2 Å². The summed E-state index contributed by atoms with van der Waals surface area (Å²) in [4.78, 5) is 25.1. The number of benzene rings is 1. The first-order valence-corrected chi connectivity index (χ1v) is 8.72. The van der Waals surface area contributed by atoms with Crippen LogP contribution in [0.4, 0.5) is 4.79 Å².